The first-order valence-corrected chi connectivity index (χ1v) is 10.3. The van der Waals surface area contributed by atoms with Gasteiger partial charge in [-0.15, -0.1) is 0 Å². The van der Waals surface area contributed by atoms with E-state index in [1.807, 2.05) is 12.1 Å². The second-order valence-electron chi connectivity index (χ2n) is 6.98. The lowest BCUT2D eigenvalue weighted by atomic mass is 9.97. The molecular weight excluding hydrogens is 324 g/mol. The van der Waals surface area contributed by atoms with E-state index in [4.69, 9.17) is 0 Å². The van der Waals surface area contributed by atoms with Gasteiger partial charge in [0.05, 0.1) is 11.5 Å². The van der Waals surface area contributed by atoms with Crippen LogP contribution in [0.15, 0.2) is 24.3 Å². The number of carbonyl (C=O) groups excluding carboxylic acids is 1. The number of amides is 1. The third kappa shape index (κ3) is 5.31. The van der Waals surface area contributed by atoms with Crippen LogP contribution in [-0.4, -0.2) is 50.4 Å². The maximum Gasteiger partial charge on any atom is 0.221 e. The second-order valence-corrected chi connectivity index (χ2v) is 9.21. The van der Waals surface area contributed by atoms with Gasteiger partial charge in [0.25, 0.3) is 0 Å². The zero-order valence-electron chi connectivity index (χ0n) is 14.8. The van der Waals surface area contributed by atoms with Crippen molar-refractivity contribution in [2.24, 2.45) is 5.92 Å². The zero-order chi connectivity index (χ0) is 17.7. The van der Waals surface area contributed by atoms with Crippen LogP contribution in [0.2, 0.25) is 0 Å². The summed E-state index contributed by atoms with van der Waals surface area (Å²) in [4.78, 5) is 13.9. The summed E-state index contributed by atoms with van der Waals surface area (Å²) in [5.41, 5.74) is 2.53. The fraction of sp³-hybridized carbons (Fsp3) is 0.611. The van der Waals surface area contributed by atoms with Gasteiger partial charge in [-0.25, -0.2) is 8.42 Å². The van der Waals surface area contributed by atoms with E-state index in [9.17, 15) is 13.2 Å². The van der Waals surface area contributed by atoms with E-state index in [2.05, 4.69) is 36.2 Å². The molecule has 1 aromatic carbocycles. The average Bonchev–Trinajstić information content (AvgIpc) is 2.50. The van der Waals surface area contributed by atoms with Gasteiger partial charge in [0.15, 0.2) is 9.84 Å². The standard InChI is InChI=1S/C18H28N2O3S/c1-14(2)10-15-6-4-5-7-16(15)12-20-8-9-24(22,23)13-17(20)11-18(21)19-3/h4-7,14,17H,8-13H2,1-3H3,(H,19,21). The van der Waals surface area contributed by atoms with Crippen LogP contribution in [0.5, 0.6) is 0 Å². The van der Waals surface area contributed by atoms with Gasteiger partial charge >= 0.3 is 0 Å². The van der Waals surface area contributed by atoms with Gasteiger partial charge in [0.1, 0.15) is 0 Å². The Labute approximate surface area is 145 Å². The van der Waals surface area contributed by atoms with Crippen molar-refractivity contribution in [3.8, 4) is 0 Å². The lowest BCUT2D eigenvalue weighted by Gasteiger charge is -2.35. The molecule has 24 heavy (non-hydrogen) atoms. The van der Waals surface area contributed by atoms with Crippen LogP contribution in [0.1, 0.15) is 31.4 Å². The molecular formula is C18H28N2O3S. The fourth-order valence-corrected chi connectivity index (χ4v) is 4.80. The van der Waals surface area contributed by atoms with Crippen molar-refractivity contribution in [2.45, 2.75) is 39.3 Å². The van der Waals surface area contributed by atoms with Gasteiger partial charge < -0.3 is 5.32 Å². The minimum Gasteiger partial charge on any atom is -0.359 e. The van der Waals surface area contributed by atoms with Gasteiger partial charge in [-0.3, -0.25) is 9.69 Å². The Bertz CT molecular complexity index is 671. The maximum atomic E-state index is 12.0. The first kappa shape index (κ1) is 18.9. The van der Waals surface area contributed by atoms with Gasteiger partial charge in [-0.05, 0) is 23.5 Å². The van der Waals surface area contributed by atoms with E-state index >= 15 is 0 Å². The van der Waals surface area contributed by atoms with Crippen LogP contribution in [0.25, 0.3) is 0 Å². The lowest BCUT2D eigenvalue weighted by Crippen LogP contribution is -2.49. The summed E-state index contributed by atoms with van der Waals surface area (Å²) in [5.74, 6) is 0.684. The van der Waals surface area contributed by atoms with Gasteiger partial charge in [0.2, 0.25) is 5.91 Å². The topological polar surface area (TPSA) is 66.5 Å². The fourth-order valence-electron chi connectivity index (χ4n) is 3.20. The Morgan fingerprint density at radius 1 is 1.29 bits per heavy atom. The summed E-state index contributed by atoms with van der Waals surface area (Å²) >= 11 is 0. The Hall–Kier alpha value is -1.40. The first-order chi connectivity index (χ1) is 11.3. The van der Waals surface area contributed by atoms with E-state index in [0.29, 0.717) is 19.0 Å². The number of nitrogens with zero attached hydrogens (tertiary/aromatic N) is 1. The summed E-state index contributed by atoms with van der Waals surface area (Å²) in [6, 6.07) is 8.06. The molecule has 1 aliphatic rings. The van der Waals surface area contributed by atoms with Crippen molar-refractivity contribution >= 4 is 15.7 Å². The molecule has 0 spiro atoms. The quantitative estimate of drug-likeness (QED) is 0.845. The van der Waals surface area contributed by atoms with Gasteiger partial charge in [-0.2, -0.15) is 0 Å². The molecule has 1 fully saturated rings. The molecule has 1 aliphatic heterocycles. The number of hydrogen-bond acceptors (Lipinski definition) is 4. The molecule has 1 aromatic rings. The van der Waals surface area contributed by atoms with Crippen molar-refractivity contribution in [2.75, 3.05) is 25.1 Å². The largest absolute Gasteiger partial charge is 0.359 e. The van der Waals surface area contributed by atoms with E-state index < -0.39 is 9.84 Å². The summed E-state index contributed by atoms with van der Waals surface area (Å²) in [5, 5.41) is 2.60. The summed E-state index contributed by atoms with van der Waals surface area (Å²) in [7, 11) is -1.48. The molecule has 1 heterocycles. The minimum atomic E-state index is -3.06. The van der Waals surface area contributed by atoms with Crippen molar-refractivity contribution in [1.29, 1.82) is 0 Å². The summed E-state index contributed by atoms with van der Waals surface area (Å²) in [6.07, 6.45) is 1.23. The van der Waals surface area contributed by atoms with Crippen LogP contribution >= 0.6 is 0 Å². The molecule has 1 amide bonds. The van der Waals surface area contributed by atoms with Crippen LogP contribution in [0, 0.1) is 5.92 Å². The normalized spacial score (nSPS) is 20.9. The summed E-state index contributed by atoms with van der Waals surface area (Å²) < 4.78 is 24.0. The summed E-state index contributed by atoms with van der Waals surface area (Å²) in [6.45, 7) is 5.57. The van der Waals surface area contributed by atoms with Crippen LogP contribution in [0.3, 0.4) is 0 Å². The van der Waals surface area contributed by atoms with E-state index in [1.165, 1.54) is 11.1 Å². The van der Waals surface area contributed by atoms with Crippen molar-refractivity contribution in [1.82, 2.24) is 10.2 Å². The van der Waals surface area contributed by atoms with Crippen LogP contribution < -0.4 is 5.32 Å². The zero-order valence-corrected chi connectivity index (χ0v) is 15.6. The van der Waals surface area contributed by atoms with Crippen LogP contribution in [0.4, 0.5) is 0 Å². The van der Waals surface area contributed by atoms with E-state index in [1.54, 1.807) is 7.05 Å². The Morgan fingerprint density at radius 2 is 1.96 bits per heavy atom. The number of rotatable bonds is 6. The van der Waals surface area contributed by atoms with E-state index in [0.717, 1.165) is 6.42 Å². The highest BCUT2D eigenvalue weighted by Gasteiger charge is 2.32. The molecule has 0 radical (unpaired) electrons. The predicted octanol–water partition coefficient (Wildman–Crippen LogP) is 1.62. The molecule has 1 atom stereocenters. The second kappa shape index (κ2) is 8.12. The molecule has 6 heteroatoms. The average molecular weight is 353 g/mol. The molecule has 1 saturated heterocycles. The maximum absolute atomic E-state index is 12.0. The molecule has 5 nitrogen and oxygen atoms in total. The molecule has 134 valence electrons. The molecule has 0 aliphatic carbocycles. The molecule has 0 saturated carbocycles. The molecule has 0 aromatic heterocycles. The smallest absolute Gasteiger partial charge is 0.221 e. The highest BCUT2D eigenvalue weighted by molar-refractivity contribution is 7.91. The van der Waals surface area contributed by atoms with Gasteiger partial charge in [0, 0.05) is 32.6 Å². The van der Waals surface area contributed by atoms with E-state index in [-0.39, 0.29) is 29.9 Å². The highest BCUT2D eigenvalue weighted by atomic mass is 32.2. The first-order valence-electron chi connectivity index (χ1n) is 8.52. The Morgan fingerprint density at radius 3 is 2.58 bits per heavy atom. The number of hydrogen-bond donors (Lipinski definition) is 1. The monoisotopic (exact) mass is 352 g/mol. The number of sulfone groups is 1. The van der Waals surface area contributed by atoms with Crippen molar-refractivity contribution in [3.63, 3.8) is 0 Å². The Balaban J connectivity index is 2.18. The van der Waals surface area contributed by atoms with Crippen molar-refractivity contribution < 1.29 is 13.2 Å². The Kier molecular flexibility index (Phi) is 6.40. The van der Waals surface area contributed by atoms with Gasteiger partial charge in [-0.1, -0.05) is 38.1 Å². The van der Waals surface area contributed by atoms with Crippen molar-refractivity contribution in [3.05, 3.63) is 35.4 Å². The van der Waals surface area contributed by atoms with Crippen LogP contribution in [-0.2, 0) is 27.6 Å². The molecule has 2 rings (SSSR count). The predicted molar refractivity (Wildman–Crippen MR) is 96.5 cm³/mol. The molecule has 0 bridgehead atoms. The number of nitrogens with one attached hydrogen (secondary N) is 1. The molecule has 1 N–H and O–H groups in total. The third-order valence-corrected chi connectivity index (χ3v) is 6.17. The number of carbonyl (C=O) groups is 1. The lowest BCUT2D eigenvalue weighted by molar-refractivity contribution is -0.121. The third-order valence-electron chi connectivity index (χ3n) is 4.47. The number of benzene rings is 1. The SMILES string of the molecule is CNC(=O)CC1CS(=O)(=O)CCN1Cc1ccccc1CC(C)C. The minimum absolute atomic E-state index is 0.0623. The highest BCUT2D eigenvalue weighted by Crippen LogP contribution is 2.21. The molecule has 1 unspecified atom stereocenters.